The number of benzene rings is 1. The highest BCUT2D eigenvalue weighted by Crippen LogP contribution is 2.37. The Kier molecular flexibility index (Phi) is 5.80. The summed E-state index contributed by atoms with van der Waals surface area (Å²) in [6.45, 7) is 9.16. The average Bonchev–Trinajstić information content (AvgIpc) is 2.43. The summed E-state index contributed by atoms with van der Waals surface area (Å²) in [5.41, 5.74) is 5.97. The summed E-state index contributed by atoms with van der Waals surface area (Å²) >= 11 is 5.65. The number of rotatable bonds is 5. The third-order valence-electron chi connectivity index (χ3n) is 4.71. The number of aliphatic hydroxyl groups excluding tert-OH is 1. The van der Waals surface area contributed by atoms with Crippen molar-refractivity contribution in [3.05, 3.63) is 29.0 Å². The van der Waals surface area contributed by atoms with Crippen molar-refractivity contribution in [3.8, 4) is 5.75 Å². The number of hydrogen-bond acceptors (Lipinski definition) is 4. The summed E-state index contributed by atoms with van der Waals surface area (Å²) < 4.78 is 18.9. The van der Waals surface area contributed by atoms with Crippen LogP contribution >= 0.6 is 11.6 Å². The zero-order valence-corrected chi connectivity index (χ0v) is 15.6. The van der Waals surface area contributed by atoms with Crippen LogP contribution in [0.5, 0.6) is 5.75 Å². The number of nitrogens with two attached hydrogens (primary N) is 1. The second-order valence-electron chi connectivity index (χ2n) is 7.94. The SMILES string of the molecule is CC1(C)CC(N)CC(C)(C)N1CC(O)COc1ccc(Cl)c(F)c1. The third-order valence-corrected chi connectivity index (χ3v) is 5.02. The van der Waals surface area contributed by atoms with E-state index in [1.807, 2.05) is 0 Å². The fourth-order valence-corrected chi connectivity index (χ4v) is 4.03. The molecule has 0 radical (unpaired) electrons. The van der Waals surface area contributed by atoms with Crippen LogP contribution in [0.1, 0.15) is 40.5 Å². The molecule has 0 amide bonds. The Morgan fingerprint density at radius 2 is 1.92 bits per heavy atom. The predicted octanol–water partition coefficient (Wildman–Crippen LogP) is 3.20. The third kappa shape index (κ3) is 4.60. The van der Waals surface area contributed by atoms with E-state index in [2.05, 4.69) is 32.6 Å². The van der Waals surface area contributed by atoms with Crippen molar-refractivity contribution in [1.82, 2.24) is 4.90 Å². The van der Waals surface area contributed by atoms with E-state index in [-0.39, 0.29) is 28.7 Å². The topological polar surface area (TPSA) is 58.7 Å². The molecular formula is C18H28ClFN2O2. The molecule has 1 fully saturated rings. The summed E-state index contributed by atoms with van der Waals surface area (Å²) in [7, 11) is 0. The first kappa shape index (κ1) is 19.4. The zero-order chi connectivity index (χ0) is 18.1. The van der Waals surface area contributed by atoms with Gasteiger partial charge in [0.05, 0.1) is 5.02 Å². The molecular weight excluding hydrogens is 331 g/mol. The molecule has 1 aromatic carbocycles. The van der Waals surface area contributed by atoms with Gasteiger partial charge in [-0.1, -0.05) is 11.6 Å². The fourth-order valence-electron chi connectivity index (χ4n) is 3.91. The molecule has 1 atom stereocenters. The summed E-state index contributed by atoms with van der Waals surface area (Å²) in [6.07, 6.45) is 1.08. The number of aliphatic hydroxyl groups is 1. The highest BCUT2D eigenvalue weighted by atomic mass is 35.5. The smallest absolute Gasteiger partial charge is 0.145 e. The number of β-amino-alcohol motifs (C(OH)–C–C–N with tert-alkyl or cyclic N) is 1. The molecule has 0 spiro atoms. The van der Waals surface area contributed by atoms with E-state index in [1.165, 1.54) is 12.1 Å². The van der Waals surface area contributed by atoms with E-state index < -0.39 is 11.9 Å². The lowest BCUT2D eigenvalue weighted by Gasteiger charge is -2.55. The molecule has 1 aliphatic heterocycles. The maximum atomic E-state index is 13.4. The molecule has 2 rings (SSSR count). The van der Waals surface area contributed by atoms with Crippen molar-refractivity contribution >= 4 is 11.6 Å². The Morgan fingerprint density at radius 1 is 1.33 bits per heavy atom. The number of hydrogen-bond donors (Lipinski definition) is 2. The van der Waals surface area contributed by atoms with Gasteiger partial charge in [-0.25, -0.2) is 4.39 Å². The number of piperidine rings is 1. The van der Waals surface area contributed by atoms with Crippen molar-refractivity contribution in [1.29, 1.82) is 0 Å². The molecule has 1 unspecified atom stereocenters. The Bertz CT molecular complexity index is 562. The number of halogens is 2. The van der Waals surface area contributed by atoms with Crippen LogP contribution in [0, 0.1) is 5.82 Å². The molecule has 0 bridgehead atoms. The molecule has 136 valence electrons. The van der Waals surface area contributed by atoms with Gasteiger partial charge in [0, 0.05) is 29.7 Å². The molecule has 1 aliphatic rings. The molecule has 0 saturated carbocycles. The quantitative estimate of drug-likeness (QED) is 0.848. The van der Waals surface area contributed by atoms with E-state index in [9.17, 15) is 9.50 Å². The second kappa shape index (κ2) is 7.16. The predicted molar refractivity (Wildman–Crippen MR) is 95.0 cm³/mol. The van der Waals surface area contributed by atoms with Gasteiger partial charge in [0.1, 0.15) is 24.3 Å². The van der Waals surface area contributed by atoms with Gasteiger partial charge >= 0.3 is 0 Å². The van der Waals surface area contributed by atoms with E-state index in [0.29, 0.717) is 12.3 Å². The lowest BCUT2D eigenvalue weighted by Crippen LogP contribution is -2.64. The van der Waals surface area contributed by atoms with Crippen LogP contribution in [-0.4, -0.2) is 46.4 Å². The Balaban J connectivity index is 1.97. The minimum Gasteiger partial charge on any atom is -0.491 e. The number of likely N-dealkylation sites (tertiary alicyclic amines) is 1. The molecule has 0 aromatic heterocycles. The molecule has 1 heterocycles. The average molecular weight is 359 g/mol. The summed E-state index contributed by atoms with van der Waals surface area (Å²) in [6, 6.07) is 4.42. The first-order valence-electron chi connectivity index (χ1n) is 8.30. The summed E-state index contributed by atoms with van der Waals surface area (Å²) in [5.74, 6) is -0.175. The molecule has 0 aliphatic carbocycles. The van der Waals surface area contributed by atoms with Gasteiger partial charge < -0.3 is 15.6 Å². The van der Waals surface area contributed by atoms with Crippen LogP contribution in [0.15, 0.2) is 18.2 Å². The van der Waals surface area contributed by atoms with Gasteiger partial charge in [0.15, 0.2) is 0 Å². The van der Waals surface area contributed by atoms with Crippen molar-refractivity contribution in [3.63, 3.8) is 0 Å². The first-order chi connectivity index (χ1) is 11.0. The standard InChI is InChI=1S/C18H28ClFN2O2/c1-17(2)8-12(21)9-18(3,4)22(17)10-13(23)11-24-14-5-6-15(19)16(20)7-14/h5-7,12-13,23H,8-11,21H2,1-4H3. The van der Waals surface area contributed by atoms with Crippen molar-refractivity contribution in [2.45, 2.75) is 63.8 Å². The Morgan fingerprint density at radius 3 is 2.46 bits per heavy atom. The normalized spacial score (nSPS) is 22.3. The second-order valence-corrected chi connectivity index (χ2v) is 8.35. The van der Waals surface area contributed by atoms with E-state index >= 15 is 0 Å². The monoisotopic (exact) mass is 358 g/mol. The highest BCUT2D eigenvalue weighted by molar-refractivity contribution is 6.30. The van der Waals surface area contributed by atoms with Crippen LogP contribution in [0.3, 0.4) is 0 Å². The maximum Gasteiger partial charge on any atom is 0.145 e. The van der Waals surface area contributed by atoms with Gasteiger partial charge in [-0.2, -0.15) is 0 Å². The lowest BCUT2D eigenvalue weighted by atomic mass is 9.77. The molecule has 1 saturated heterocycles. The molecule has 4 nitrogen and oxygen atoms in total. The van der Waals surface area contributed by atoms with Gasteiger partial charge in [0.25, 0.3) is 0 Å². The number of ether oxygens (including phenoxy) is 1. The minimum atomic E-state index is -0.684. The highest BCUT2D eigenvalue weighted by Gasteiger charge is 2.44. The minimum absolute atomic E-state index is 0.0519. The van der Waals surface area contributed by atoms with E-state index in [4.69, 9.17) is 22.1 Å². The lowest BCUT2D eigenvalue weighted by molar-refractivity contribution is -0.0663. The Labute approximate surface area is 148 Å². The van der Waals surface area contributed by atoms with Crippen LogP contribution < -0.4 is 10.5 Å². The number of nitrogens with zero attached hydrogens (tertiary/aromatic N) is 1. The van der Waals surface area contributed by atoms with E-state index in [1.54, 1.807) is 6.07 Å². The van der Waals surface area contributed by atoms with Crippen LogP contribution in [-0.2, 0) is 0 Å². The van der Waals surface area contributed by atoms with Gasteiger partial charge in [-0.3, -0.25) is 4.90 Å². The van der Waals surface area contributed by atoms with Gasteiger partial charge in [0.2, 0.25) is 0 Å². The first-order valence-corrected chi connectivity index (χ1v) is 8.68. The van der Waals surface area contributed by atoms with E-state index in [0.717, 1.165) is 12.8 Å². The van der Waals surface area contributed by atoms with Crippen molar-refractivity contribution < 1.29 is 14.2 Å². The molecule has 6 heteroatoms. The van der Waals surface area contributed by atoms with Gasteiger partial charge in [-0.15, -0.1) is 0 Å². The molecule has 1 aromatic rings. The van der Waals surface area contributed by atoms with Crippen molar-refractivity contribution in [2.24, 2.45) is 5.73 Å². The largest absolute Gasteiger partial charge is 0.491 e. The molecule has 3 N–H and O–H groups in total. The van der Waals surface area contributed by atoms with Crippen LogP contribution in [0.25, 0.3) is 0 Å². The summed E-state index contributed by atoms with van der Waals surface area (Å²) in [5, 5.41) is 10.5. The van der Waals surface area contributed by atoms with Crippen molar-refractivity contribution in [2.75, 3.05) is 13.2 Å². The van der Waals surface area contributed by atoms with Crippen LogP contribution in [0.4, 0.5) is 4.39 Å². The summed E-state index contributed by atoms with van der Waals surface area (Å²) in [4.78, 5) is 2.29. The fraction of sp³-hybridized carbons (Fsp3) is 0.667. The molecule has 24 heavy (non-hydrogen) atoms. The van der Waals surface area contributed by atoms with Crippen LogP contribution in [0.2, 0.25) is 5.02 Å². The zero-order valence-electron chi connectivity index (χ0n) is 14.9. The van der Waals surface area contributed by atoms with Gasteiger partial charge in [-0.05, 0) is 52.7 Å². The maximum absolute atomic E-state index is 13.4. The Hall–Kier alpha value is -0.880.